The van der Waals surface area contributed by atoms with Crippen LogP contribution in [0.3, 0.4) is 0 Å². The fraction of sp³-hybridized carbons (Fsp3) is 0.227. The van der Waals surface area contributed by atoms with Gasteiger partial charge in [0.05, 0.1) is 0 Å². The van der Waals surface area contributed by atoms with Crippen molar-refractivity contribution in [1.82, 2.24) is 15.3 Å². The van der Waals surface area contributed by atoms with Crippen molar-refractivity contribution in [3.8, 4) is 0 Å². The van der Waals surface area contributed by atoms with Crippen LogP contribution in [0.1, 0.15) is 29.2 Å². The van der Waals surface area contributed by atoms with Crippen LogP contribution in [-0.2, 0) is 29.7 Å². The second-order valence-corrected chi connectivity index (χ2v) is 6.56. The zero-order valence-corrected chi connectivity index (χ0v) is 15.4. The number of hydrogen-bond acceptors (Lipinski definition) is 4. The maximum Gasteiger partial charge on any atom is 0.242 e. The largest absolute Gasteiger partial charge is 0.368 e. The van der Waals surface area contributed by atoms with Crippen LogP contribution < -0.4 is 11.1 Å². The molecule has 0 aliphatic rings. The van der Waals surface area contributed by atoms with Crippen LogP contribution in [-0.4, -0.2) is 15.9 Å². The molecule has 5 heteroatoms. The summed E-state index contributed by atoms with van der Waals surface area (Å²) in [6, 6.07) is 15.7. The molecule has 2 heterocycles. The van der Waals surface area contributed by atoms with Gasteiger partial charge in [-0.15, -0.1) is 0 Å². The lowest BCUT2D eigenvalue weighted by molar-refractivity contribution is -0.125. The number of primary amides is 1. The minimum Gasteiger partial charge on any atom is -0.368 e. The number of nitrogens with two attached hydrogens (primary N) is 1. The van der Waals surface area contributed by atoms with E-state index in [0.29, 0.717) is 13.0 Å². The Labute approximate surface area is 159 Å². The lowest BCUT2D eigenvalue weighted by Crippen LogP contribution is -2.54. The minimum absolute atomic E-state index is 0.405. The van der Waals surface area contributed by atoms with Crippen molar-refractivity contribution in [1.29, 1.82) is 0 Å². The average molecular weight is 360 g/mol. The normalized spacial score (nSPS) is 13.1. The molecule has 3 N–H and O–H groups in total. The number of rotatable bonds is 8. The lowest BCUT2D eigenvalue weighted by atomic mass is 9.82. The highest BCUT2D eigenvalue weighted by Crippen LogP contribution is 2.27. The molecule has 0 bridgehead atoms. The Morgan fingerprint density at radius 3 is 1.96 bits per heavy atom. The number of hydrogen-bond donors (Lipinski definition) is 2. The molecule has 3 rings (SSSR count). The summed E-state index contributed by atoms with van der Waals surface area (Å²) < 4.78 is 0. The number of benzene rings is 1. The van der Waals surface area contributed by atoms with Gasteiger partial charge in [0.2, 0.25) is 5.91 Å². The number of pyridine rings is 2. The monoisotopic (exact) mass is 360 g/mol. The maximum absolute atomic E-state index is 12.7. The number of carbonyl (C=O) groups excluding carboxylic acids is 1. The average Bonchev–Trinajstić information content (AvgIpc) is 2.72. The van der Waals surface area contributed by atoms with E-state index in [1.54, 1.807) is 24.8 Å². The number of carbonyl (C=O) groups is 1. The Hall–Kier alpha value is -3.05. The fourth-order valence-electron chi connectivity index (χ4n) is 3.17. The summed E-state index contributed by atoms with van der Waals surface area (Å²) in [5, 5.41) is 3.43. The first-order valence-electron chi connectivity index (χ1n) is 9.06. The molecule has 27 heavy (non-hydrogen) atoms. The first kappa shape index (κ1) is 18.7. The first-order valence-corrected chi connectivity index (χ1v) is 9.06. The SMILES string of the molecule is CCc1ccc(C(Cc2ccncc2)(NCc2ccncc2)C(N)=O)cc1. The zero-order chi connectivity index (χ0) is 19.1. The minimum atomic E-state index is -1.02. The van der Waals surface area contributed by atoms with Crippen LogP contribution in [0.5, 0.6) is 0 Å². The van der Waals surface area contributed by atoms with Gasteiger partial charge in [-0.3, -0.25) is 20.1 Å². The smallest absolute Gasteiger partial charge is 0.242 e. The van der Waals surface area contributed by atoms with Gasteiger partial charge in [0.15, 0.2) is 0 Å². The summed E-state index contributed by atoms with van der Waals surface area (Å²) in [5.41, 5.74) is 9.05. The van der Waals surface area contributed by atoms with Crippen molar-refractivity contribution < 1.29 is 4.79 Å². The third-order valence-corrected chi connectivity index (χ3v) is 4.84. The van der Waals surface area contributed by atoms with E-state index >= 15 is 0 Å². The second kappa shape index (κ2) is 8.56. The van der Waals surface area contributed by atoms with Gasteiger partial charge in [0, 0.05) is 37.8 Å². The van der Waals surface area contributed by atoms with Gasteiger partial charge in [-0.25, -0.2) is 0 Å². The van der Waals surface area contributed by atoms with E-state index in [-0.39, 0.29) is 0 Å². The lowest BCUT2D eigenvalue weighted by Gasteiger charge is -2.33. The van der Waals surface area contributed by atoms with Crippen LogP contribution in [0.4, 0.5) is 0 Å². The van der Waals surface area contributed by atoms with Crippen LogP contribution in [0.25, 0.3) is 0 Å². The maximum atomic E-state index is 12.7. The summed E-state index contributed by atoms with van der Waals surface area (Å²) in [6.45, 7) is 2.61. The molecule has 1 atom stereocenters. The molecule has 0 saturated heterocycles. The van der Waals surface area contributed by atoms with E-state index < -0.39 is 11.4 Å². The molecule has 3 aromatic rings. The van der Waals surface area contributed by atoms with Gasteiger partial charge in [0.1, 0.15) is 5.54 Å². The number of amides is 1. The highest BCUT2D eigenvalue weighted by Gasteiger charge is 2.38. The Morgan fingerprint density at radius 2 is 1.44 bits per heavy atom. The van der Waals surface area contributed by atoms with Crippen LogP contribution in [0.2, 0.25) is 0 Å². The zero-order valence-electron chi connectivity index (χ0n) is 15.4. The van der Waals surface area contributed by atoms with Gasteiger partial charge in [-0.05, 0) is 52.9 Å². The van der Waals surface area contributed by atoms with Crippen LogP contribution in [0, 0.1) is 0 Å². The van der Waals surface area contributed by atoms with Gasteiger partial charge >= 0.3 is 0 Å². The van der Waals surface area contributed by atoms with Gasteiger partial charge < -0.3 is 5.73 Å². The number of aryl methyl sites for hydroxylation is 1. The predicted molar refractivity (Wildman–Crippen MR) is 106 cm³/mol. The van der Waals surface area contributed by atoms with Gasteiger partial charge in [-0.1, -0.05) is 31.2 Å². The second-order valence-electron chi connectivity index (χ2n) is 6.56. The highest BCUT2D eigenvalue weighted by atomic mass is 16.1. The van der Waals surface area contributed by atoms with Crippen molar-refractivity contribution in [2.75, 3.05) is 0 Å². The summed E-state index contributed by atoms with van der Waals surface area (Å²) in [7, 11) is 0. The predicted octanol–water partition coefficient (Wildman–Crippen LogP) is 2.75. The van der Waals surface area contributed by atoms with Crippen molar-refractivity contribution in [3.63, 3.8) is 0 Å². The van der Waals surface area contributed by atoms with Gasteiger partial charge in [-0.2, -0.15) is 0 Å². The molecule has 1 amide bonds. The van der Waals surface area contributed by atoms with Crippen molar-refractivity contribution >= 4 is 5.91 Å². The molecule has 0 aliphatic carbocycles. The molecule has 0 spiro atoms. The van der Waals surface area contributed by atoms with E-state index in [2.05, 4.69) is 22.2 Å². The third-order valence-electron chi connectivity index (χ3n) is 4.84. The molecular weight excluding hydrogens is 336 g/mol. The summed E-state index contributed by atoms with van der Waals surface area (Å²) in [5.74, 6) is -0.405. The molecule has 0 radical (unpaired) electrons. The molecular formula is C22H24N4O. The molecule has 0 aliphatic heterocycles. The van der Waals surface area contributed by atoms with Crippen LogP contribution in [0.15, 0.2) is 73.3 Å². The number of nitrogens with one attached hydrogen (secondary N) is 1. The number of aromatic nitrogens is 2. The first-order chi connectivity index (χ1) is 13.1. The van der Waals surface area contributed by atoms with Gasteiger partial charge in [0.25, 0.3) is 0 Å². The van der Waals surface area contributed by atoms with Crippen molar-refractivity contribution in [2.45, 2.75) is 31.8 Å². The molecule has 138 valence electrons. The highest BCUT2D eigenvalue weighted by molar-refractivity contribution is 5.86. The molecule has 0 saturated carbocycles. The summed E-state index contributed by atoms with van der Waals surface area (Å²) >= 11 is 0. The molecule has 1 aromatic carbocycles. The molecule has 5 nitrogen and oxygen atoms in total. The van der Waals surface area contributed by atoms with Crippen LogP contribution >= 0.6 is 0 Å². The quantitative estimate of drug-likeness (QED) is 0.647. The molecule has 1 unspecified atom stereocenters. The third kappa shape index (κ3) is 4.38. The van der Waals surface area contributed by atoms with Crippen molar-refractivity contribution in [3.05, 3.63) is 95.6 Å². The summed E-state index contributed by atoms with van der Waals surface area (Å²) in [4.78, 5) is 20.8. The van der Waals surface area contributed by atoms with E-state index in [0.717, 1.165) is 23.1 Å². The Balaban J connectivity index is 1.99. The summed E-state index contributed by atoms with van der Waals surface area (Å²) in [6.07, 6.45) is 8.32. The standard InChI is InChI=1S/C22H24N4O/c1-2-17-3-5-20(6-4-17)22(21(23)27,15-18-7-11-24-12-8-18)26-16-19-9-13-25-14-10-19/h3-14,26H,2,15-16H2,1H3,(H2,23,27). The molecule has 0 fully saturated rings. The van der Waals surface area contributed by atoms with E-state index in [1.807, 2.05) is 48.5 Å². The Bertz CT molecular complexity index is 866. The Morgan fingerprint density at radius 1 is 0.889 bits per heavy atom. The Kier molecular flexibility index (Phi) is 5.94. The topological polar surface area (TPSA) is 80.9 Å². The number of nitrogens with zero attached hydrogens (tertiary/aromatic N) is 2. The molecule has 2 aromatic heterocycles. The van der Waals surface area contributed by atoms with E-state index in [4.69, 9.17) is 5.73 Å². The van der Waals surface area contributed by atoms with E-state index in [1.165, 1.54) is 5.56 Å². The van der Waals surface area contributed by atoms with Crippen molar-refractivity contribution in [2.24, 2.45) is 5.73 Å². The van der Waals surface area contributed by atoms with E-state index in [9.17, 15) is 4.79 Å². The fourth-order valence-corrected chi connectivity index (χ4v) is 3.17.